The van der Waals surface area contributed by atoms with E-state index in [-0.39, 0.29) is 18.1 Å². The number of carbonyl (C=O) groups excluding carboxylic acids is 1. The van der Waals surface area contributed by atoms with Gasteiger partial charge in [0.1, 0.15) is 0 Å². The Morgan fingerprint density at radius 3 is 2.89 bits per heavy atom. The van der Waals surface area contributed by atoms with E-state index in [4.69, 9.17) is 4.74 Å². The first-order valence-corrected chi connectivity index (χ1v) is 6.88. The maximum absolute atomic E-state index is 11.7. The first kappa shape index (κ1) is 13.8. The third kappa shape index (κ3) is 4.23. The van der Waals surface area contributed by atoms with Gasteiger partial charge in [-0.15, -0.1) is 0 Å². The van der Waals surface area contributed by atoms with E-state index in [2.05, 4.69) is 5.32 Å². The van der Waals surface area contributed by atoms with Gasteiger partial charge >= 0.3 is 0 Å². The van der Waals surface area contributed by atoms with Crippen LogP contribution < -0.4 is 5.32 Å². The van der Waals surface area contributed by atoms with Gasteiger partial charge < -0.3 is 15.2 Å². The molecule has 1 aliphatic carbocycles. The monoisotopic (exact) mass is 256 g/mol. The normalized spacial score (nSPS) is 31.4. The molecule has 1 unspecified atom stereocenters. The minimum Gasteiger partial charge on any atom is -0.393 e. The Bertz CT molecular complexity index is 273. The quantitative estimate of drug-likeness (QED) is 0.701. The van der Waals surface area contributed by atoms with Crippen LogP contribution in [0.5, 0.6) is 0 Å². The fourth-order valence-electron chi connectivity index (χ4n) is 2.69. The Morgan fingerprint density at radius 2 is 2.28 bits per heavy atom. The predicted octanol–water partition coefficient (Wildman–Crippen LogP) is -0.0157. The average Bonchev–Trinajstić information content (AvgIpc) is 2.77. The zero-order valence-electron chi connectivity index (χ0n) is 11.1. The number of nitrogens with one attached hydrogen (secondary N) is 1. The molecule has 18 heavy (non-hydrogen) atoms. The van der Waals surface area contributed by atoms with Crippen molar-refractivity contribution in [3.05, 3.63) is 0 Å². The van der Waals surface area contributed by atoms with Gasteiger partial charge in [-0.3, -0.25) is 9.69 Å². The molecular weight excluding hydrogens is 232 g/mol. The predicted molar refractivity (Wildman–Crippen MR) is 68.2 cm³/mol. The summed E-state index contributed by atoms with van der Waals surface area (Å²) in [6.07, 6.45) is 4.00. The zero-order chi connectivity index (χ0) is 13.0. The highest BCUT2D eigenvalue weighted by Gasteiger charge is 2.28. The van der Waals surface area contributed by atoms with Crippen molar-refractivity contribution in [1.82, 2.24) is 10.2 Å². The van der Waals surface area contributed by atoms with Gasteiger partial charge in [-0.25, -0.2) is 0 Å². The second-order valence-corrected chi connectivity index (χ2v) is 5.63. The molecule has 1 aliphatic heterocycles. The van der Waals surface area contributed by atoms with Crippen LogP contribution in [0.2, 0.25) is 0 Å². The van der Waals surface area contributed by atoms with Crippen LogP contribution in [0.3, 0.4) is 0 Å². The van der Waals surface area contributed by atoms with E-state index in [0.717, 1.165) is 38.8 Å². The van der Waals surface area contributed by atoms with Gasteiger partial charge in [-0.1, -0.05) is 0 Å². The Hall–Kier alpha value is -0.650. The van der Waals surface area contributed by atoms with Crippen molar-refractivity contribution in [2.75, 3.05) is 33.3 Å². The number of carbonyl (C=O) groups is 1. The van der Waals surface area contributed by atoms with Gasteiger partial charge in [-0.05, 0) is 38.6 Å². The molecule has 1 atom stereocenters. The largest absolute Gasteiger partial charge is 0.393 e. The number of nitrogens with zero attached hydrogens (tertiary/aromatic N) is 1. The summed E-state index contributed by atoms with van der Waals surface area (Å²) in [4.78, 5) is 13.7. The van der Waals surface area contributed by atoms with Gasteiger partial charge in [0, 0.05) is 19.7 Å². The molecule has 0 aromatic carbocycles. The highest BCUT2D eigenvalue weighted by atomic mass is 16.5. The third-order valence-corrected chi connectivity index (χ3v) is 3.75. The highest BCUT2D eigenvalue weighted by Crippen LogP contribution is 2.27. The molecule has 5 heteroatoms. The molecule has 1 saturated carbocycles. The van der Waals surface area contributed by atoms with Crippen molar-refractivity contribution in [3.8, 4) is 0 Å². The molecule has 2 aliphatic rings. The Kier molecular flexibility index (Phi) is 4.97. The van der Waals surface area contributed by atoms with Crippen LogP contribution in [0.1, 0.15) is 25.7 Å². The smallest absolute Gasteiger partial charge is 0.234 e. The molecule has 1 amide bonds. The summed E-state index contributed by atoms with van der Waals surface area (Å²) in [5, 5.41) is 12.1. The van der Waals surface area contributed by atoms with Crippen LogP contribution in [0.25, 0.3) is 0 Å². The SMILES string of the molecule is CN(CC(=O)NCC1CCCO1)CC1CC(O)C1. The lowest BCUT2D eigenvalue weighted by Gasteiger charge is -2.34. The number of ether oxygens (including phenoxy) is 1. The number of aliphatic hydroxyl groups excluding tert-OH is 1. The van der Waals surface area contributed by atoms with Crippen LogP contribution in [0.4, 0.5) is 0 Å². The summed E-state index contributed by atoms with van der Waals surface area (Å²) < 4.78 is 5.46. The van der Waals surface area contributed by atoms with Gasteiger partial charge in [0.2, 0.25) is 5.91 Å². The minimum atomic E-state index is -0.114. The minimum absolute atomic E-state index is 0.0628. The number of hydrogen-bond acceptors (Lipinski definition) is 4. The molecule has 0 spiro atoms. The second-order valence-electron chi connectivity index (χ2n) is 5.63. The molecular formula is C13H24N2O3. The summed E-state index contributed by atoms with van der Waals surface area (Å²) in [5.41, 5.74) is 0. The van der Waals surface area contributed by atoms with E-state index >= 15 is 0 Å². The Morgan fingerprint density at radius 1 is 1.50 bits per heavy atom. The lowest BCUT2D eigenvalue weighted by molar-refractivity contribution is -0.122. The first-order valence-electron chi connectivity index (χ1n) is 6.88. The summed E-state index contributed by atoms with van der Waals surface area (Å²) >= 11 is 0. The van der Waals surface area contributed by atoms with Gasteiger partial charge in [0.15, 0.2) is 0 Å². The first-order chi connectivity index (χ1) is 8.63. The van der Waals surface area contributed by atoms with E-state index < -0.39 is 0 Å². The van der Waals surface area contributed by atoms with Crippen molar-refractivity contribution in [1.29, 1.82) is 0 Å². The molecule has 2 N–H and O–H groups in total. The second kappa shape index (κ2) is 6.50. The highest BCUT2D eigenvalue weighted by molar-refractivity contribution is 5.77. The van der Waals surface area contributed by atoms with E-state index in [1.165, 1.54) is 0 Å². The average molecular weight is 256 g/mol. The maximum Gasteiger partial charge on any atom is 0.234 e. The van der Waals surface area contributed by atoms with Gasteiger partial charge in [0.05, 0.1) is 18.8 Å². The summed E-state index contributed by atoms with van der Waals surface area (Å²) in [5.74, 6) is 0.615. The Labute approximate surface area is 108 Å². The fraction of sp³-hybridized carbons (Fsp3) is 0.923. The number of rotatable bonds is 6. The van der Waals surface area contributed by atoms with E-state index in [0.29, 0.717) is 19.0 Å². The number of hydrogen-bond donors (Lipinski definition) is 2. The van der Waals surface area contributed by atoms with Crippen LogP contribution in [0.15, 0.2) is 0 Å². The van der Waals surface area contributed by atoms with Gasteiger partial charge in [0.25, 0.3) is 0 Å². The molecule has 1 heterocycles. The molecule has 0 aromatic heterocycles. The molecule has 0 bridgehead atoms. The summed E-state index contributed by atoms with van der Waals surface area (Å²) in [6.45, 7) is 2.78. The van der Waals surface area contributed by atoms with E-state index in [9.17, 15) is 9.90 Å². The van der Waals surface area contributed by atoms with Crippen LogP contribution in [-0.4, -0.2) is 61.4 Å². The van der Waals surface area contributed by atoms with E-state index in [1.54, 1.807) is 0 Å². The van der Waals surface area contributed by atoms with Crippen molar-refractivity contribution >= 4 is 5.91 Å². The van der Waals surface area contributed by atoms with Crippen molar-refractivity contribution in [2.45, 2.75) is 37.9 Å². The summed E-state index contributed by atoms with van der Waals surface area (Å²) in [7, 11) is 1.95. The molecule has 5 nitrogen and oxygen atoms in total. The van der Waals surface area contributed by atoms with E-state index in [1.807, 2.05) is 11.9 Å². The lowest BCUT2D eigenvalue weighted by atomic mass is 9.82. The topological polar surface area (TPSA) is 61.8 Å². The molecule has 1 saturated heterocycles. The van der Waals surface area contributed by atoms with Crippen molar-refractivity contribution < 1.29 is 14.6 Å². The fourth-order valence-corrected chi connectivity index (χ4v) is 2.69. The molecule has 0 aromatic rings. The Balaban J connectivity index is 1.55. The molecule has 0 radical (unpaired) electrons. The number of aliphatic hydroxyl groups is 1. The van der Waals surface area contributed by atoms with Crippen molar-refractivity contribution in [2.24, 2.45) is 5.92 Å². The lowest BCUT2D eigenvalue weighted by Crippen LogP contribution is -2.42. The van der Waals surface area contributed by atoms with Crippen molar-refractivity contribution in [3.63, 3.8) is 0 Å². The van der Waals surface area contributed by atoms with Crippen LogP contribution in [-0.2, 0) is 9.53 Å². The summed E-state index contributed by atoms with van der Waals surface area (Å²) in [6, 6.07) is 0. The molecule has 104 valence electrons. The number of amides is 1. The van der Waals surface area contributed by atoms with Gasteiger partial charge in [-0.2, -0.15) is 0 Å². The molecule has 2 fully saturated rings. The van der Waals surface area contributed by atoms with Crippen LogP contribution in [0, 0.1) is 5.92 Å². The number of likely N-dealkylation sites (N-methyl/N-ethyl adjacent to an activating group) is 1. The third-order valence-electron chi connectivity index (χ3n) is 3.75. The molecule has 2 rings (SSSR count). The zero-order valence-corrected chi connectivity index (χ0v) is 11.1. The standard InChI is InChI=1S/C13H24N2O3/c1-15(8-10-5-11(16)6-10)9-13(17)14-7-12-3-2-4-18-12/h10-12,16H,2-9H2,1H3,(H,14,17). The maximum atomic E-state index is 11.7. The van der Waals surface area contributed by atoms with Crippen LogP contribution >= 0.6 is 0 Å².